The minimum absolute atomic E-state index is 0.701. The predicted octanol–water partition coefficient (Wildman–Crippen LogP) is 3.12. The van der Waals surface area contributed by atoms with Crippen molar-refractivity contribution in [3.05, 3.63) is 40.7 Å². The van der Waals surface area contributed by atoms with Crippen molar-refractivity contribution >= 4 is 27.5 Å². The van der Waals surface area contributed by atoms with E-state index < -0.39 is 0 Å². The minimum Gasteiger partial charge on any atom is -0.220 e. The van der Waals surface area contributed by atoms with Gasteiger partial charge in [0.15, 0.2) is 0 Å². The summed E-state index contributed by atoms with van der Waals surface area (Å²) in [5.74, 6) is 0. The molecule has 0 aliphatic heterocycles. The molecule has 5 heteroatoms. The maximum atomic E-state index is 6.03. The van der Waals surface area contributed by atoms with Crippen molar-refractivity contribution in [2.75, 3.05) is 0 Å². The molecule has 0 bridgehead atoms. The second-order valence-corrected chi connectivity index (χ2v) is 4.14. The highest BCUT2D eigenvalue weighted by Crippen LogP contribution is 2.21. The number of aromatic nitrogens is 3. The standard InChI is InChI=1S/C10H9BrClN3/c1-7-9(12)3-2-4-10(7)15-6-8(5-11)13-14-15/h2-4,6H,5H2,1H3. The molecular weight excluding hydrogens is 277 g/mol. The summed E-state index contributed by atoms with van der Waals surface area (Å²) in [4.78, 5) is 0. The Morgan fingerprint density at radius 2 is 2.27 bits per heavy atom. The molecule has 3 nitrogen and oxygen atoms in total. The van der Waals surface area contributed by atoms with Gasteiger partial charge in [-0.1, -0.05) is 38.8 Å². The van der Waals surface area contributed by atoms with Crippen LogP contribution in [0.2, 0.25) is 5.02 Å². The largest absolute Gasteiger partial charge is 0.220 e. The van der Waals surface area contributed by atoms with Crippen LogP contribution >= 0.6 is 27.5 Å². The number of hydrogen-bond donors (Lipinski definition) is 0. The molecule has 1 aromatic heterocycles. The Morgan fingerprint density at radius 3 is 2.93 bits per heavy atom. The maximum absolute atomic E-state index is 6.03. The first kappa shape index (κ1) is 10.6. The summed E-state index contributed by atoms with van der Waals surface area (Å²) in [6, 6.07) is 5.73. The SMILES string of the molecule is Cc1c(Cl)cccc1-n1cc(CBr)nn1. The molecule has 0 fully saturated rings. The lowest BCUT2D eigenvalue weighted by atomic mass is 10.2. The average Bonchev–Trinajstić information content (AvgIpc) is 2.70. The van der Waals surface area contributed by atoms with Crippen LogP contribution < -0.4 is 0 Å². The monoisotopic (exact) mass is 285 g/mol. The molecule has 0 radical (unpaired) electrons. The number of alkyl halides is 1. The van der Waals surface area contributed by atoms with Gasteiger partial charge >= 0.3 is 0 Å². The predicted molar refractivity (Wildman–Crippen MR) is 63.7 cm³/mol. The van der Waals surface area contributed by atoms with Gasteiger partial charge in [0.1, 0.15) is 0 Å². The molecule has 0 N–H and O–H groups in total. The van der Waals surface area contributed by atoms with Crippen LogP contribution in [0, 0.1) is 6.92 Å². The zero-order valence-electron chi connectivity index (χ0n) is 8.11. The van der Waals surface area contributed by atoms with Gasteiger partial charge in [0.05, 0.1) is 17.6 Å². The highest BCUT2D eigenvalue weighted by molar-refractivity contribution is 9.08. The van der Waals surface area contributed by atoms with Gasteiger partial charge in [-0.2, -0.15) is 0 Å². The lowest BCUT2D eigenvalue weighted by Crippen LogP contribution is -1.97. The van der Waals surface area contributed by atoms with Crippen molar-refractivity contribution in [3.63, 3.8) is 0 Å². The molecule has 0 amide bonds. The molecule has 0 spiro atoms. The Hall–Kier alpha value is -0.870. The fourth-order valence-corrected chi connectivity index (χ4v) is 1.75. The van der Waals surface area contributed by atoms with Crippen molar-refractivity contribution in [1.29, 1.82) is 0 Å². The zero-order chi connectivity index (χ0) is 10.8. The summed E-state index contributed by atoms with van der Waals surface area (Å²) < 4.78 is 1.73. The Morgan fingerprint density at radius 1 is 1.47 bits per heavy atom. The molecule has 0 saturated carbocycles. The first-order valence-electron chi connectivity index (χ1n) is 4.45. The first-order chi connectivity index (χ1) is 7.22. The molecular formula is C10H9BrClN3. The van der Waals surface area contributed by atoms with Gasteiger partial charge in [-0.3, -0.25) is 0 Å². The van der Waals surface area contributed by atoms with Crippen LogP contribution in [0.5, 0.6) is 0 Å². The summed E-state index contributed by atoms with van der Waals surface area (Å²) in [6.07, 6.45) is 1.88. The lowest BCUT2D eigenvalue weighted by molar-refractivity contribution is 0.796. The Kier molecular flexibility index (Phi) is 3.07. The number of hydrogen-bond acceptors (Lipinski definition) is 2. The number of rotatable bonds is 2. The van der Waals surface area contributed by atoms with E-state index in [0.717, 1.165) is 22.0 Å². The summed E-state index contributed by atoms with van der Waals surface area (Å²) >= 11 is 9.37. The maximum Gasteiger partial charge on any atom is 0.0937 e. The van der Waals surface area contributed by atoms with Gasteiger partial charge in [-0.05, 0) is 24.6 Å². The molecule has 0 atom stereocenters. The summed E-state index contributed by atoms with van der Waals surface area (Å²) in [7, 11) is 0. The van der Waals surface area contributed by atoms with Gasteiger partial charge in [0.2, 0.25) is 0 Å². The van der Waals surface area contributed by atoms with E-state index in [1.54, 1.807) is 4.68 Å². The van der Waals surface area contributed by atoms with Crippen LogP contribution in [0.15, 0.2) is 24.4 Å². The van der Waals surface area contributed by atoms with Crippen molar-refractivity contribution < 1.29 is 0 Å². The topological polar surface area (TPSA) is 30.7 Å². The normalized spacial score (nSPS) is 10.6. The fraction of sp³-hybridized carbons (Fsp3) is 0.200. The molecule has 2 rings (SSSR count). The number of halogens is 2. The van der Waals surface area contributed by atoms with Gasteiger partial charge in [0.25, 0.3) is 0 Å². The Bertz CT molecular complexity index is 481. The molecule has 1 aromatic carbocycles. The molecule has 0 aliphatic rings. The summed E-state index contributed by atoms with van der Waals surface area (Å²) in [6.45, 7) is 1.97. The molecule has 15 heavy (non-hydrogen) atoms. The van der Waals surface area contributed by atoms with E-state index in [9.17, 15) is 0 Å². The number of benzene rings is 1. The Balaban J connectivity index is 2.49. The van der Waals surface area contributed by atoms with Crippen LogP contribution in [-0.2, 0) is 5.33 Å². The number of nitrogens with zero attached hydrogens (tertiary/aromatic N) is 3. The van der Waals surface area contributed by atoms with E-state index in [-0.39, 0.29) is 0 Å². The van der Waals surface area contributed by atoms with E-state index in [0.29, 0.717) is 5.33 Å². The fourth-order valence-electron chi connectivity index (χ4n) is 1.32. The molecule has 0 unspecified atom stereocenters. The molecule has 0 saturated heterocycles. The van der Waals surface area contributed by atoms with Crippen molar-refractivity contribution in [2.45, 2.75) is 12.3 Å². The van der Waals surface area contributed by atoms with E-state index in [1.807, 2.05) is 31.3 Å². The Labute approximate surface area is 101 Å². The van der Waals surface area contributed by atoms with Gasteiger partial charge in [0, 0.05) is 10.4 Å². The average molecular weight is 287 g/mol. The molecule has 1 heterocycles. The highest BCUT2D eigenvalue weighted by Gasteiger charge is 2.06. The smallest absolute Gasteiger partial charge is 0.0937 e. The summed E-state index contributed by atoms with van der Waals surface area (Å²) in [5, 5.41) is 9.48. The van der Waals surface area contributed by atoms with Crippen LogP contribution in [0.3, 0.4) is 0 Å². The van der Waals surface area contributed by atoms with Crippen molar-refractivity contribution in [1.82, 2.24) is 15.0 Å². The third kappa shape index (κ3) is 2.06. The zero-order valence-corrected chi connectivity index (χ0v) is 10.5. The van der Waals surface area contributed by atoms with Gasteiger partial charge in [-0.15, -0.1) is 5.10 Å². The van der Waals surface area contributed by atoms with Crippen molar-refractivity contribution in [3.8, 4) is 5.69 Å². The van der Waals surface area contributed by atoms with E-state index in [1.165, 1.54) is 0 Å². The quantitative estimate of drug-likeness (QED) is 0.794. The van der Waals surface area contributed by atoms with Crippen molar-refractivity contribution in [2.24, 2.45) is 0 Å². The summed E-state index contributed by atoms with van der Waals surface area (Å²) in [5.41, 5.74) is 2.86. The lowest BCUT2D eigenvalue weighted by Gasteiger charge is -2.05. The third-order valence-corrected chi connectivity index (χ3v) is 3.15. The molecule has 78 valence electrons. The highest BCUT2D eigenvalue weighted by atomic mass is 79.9. The van der Waals surface area contributed by atoms with E-state index >= 15 is 0 Å². The third-order valence-electron chi connectivity index (χ3n) is 2.16. The first-order valence-corrected chi connectivity index (χ1v) is 5.95. The second kappa shape index (κ2) is 4.33. The van der Waals surface area contributed by atoms with Crippen LogP contribution in [0.4, 0.5) is 0 Å². The van der Waals surface area contributed by atoms with Crippen LogP contribution in [-0.4, -0.2) is 15.0 Å². The van der Waals surface area contributed by atoms with Crippen LogP contribution in [0.25, 0.3) is 5.69 Å². The van der Waals surface area contributed by atoms with E-state index in [2.05, 4.69) is 26.2 Å². The minimum atomic E-state index is 0.701. The van der Waals surface area contributed by atoms with Crippen LogP contribution in [0.1, 0.15) is 11.3 Å². The second-order valence-electron chi connectivity index (χ2n) is 3.17. The van der Waals surface area contributed by atoms with Gasteiger partial charge in [-0.25, -0.2) is 4.68 Å². The molecule has 0 aliphatic carbocycles. The van der Waals surface area contributed by atoms with E-state index in [4.69, 9.17) is 11.6 Å². The molecule has 2 aromatic rings. The van der Waals surface area contributed by atoms with Gasteiger partial charge < -0.3 is 0 Å².